The van der Waals surface area contributed by atoms with Crippen LogP contribution in [0, 0.1) is 5.95 Å². The van der Waals surface area contributed by atoms with Gasteiger partial charge in [-0.1, -0.05) is 54.6 Å². The highest BCUT2D eigenvalue weighted by atomic mass is 19.1. The second-order valence-corrected chi connectivity index (χ2v) is 4.79. The number of halogens is 1. The molecule has 0 spiro atoms. The van der Waals surface area contributed by atoms with Crippen LogP contribution < -0.4 is 5.32 Å². The number of nitrogens with zero attached hydrogens (tertiary/aromatic N) is 1. The van der Waals surface area contributed by atoms with Crippen molar-refractivity contribution in [1.29, 1.82) is 0 Å². The van der Waals surface area contributed by atoms with E-state index in [0.717, 1.165) is 17.7 Å². The Bertz CT molecular complexity index is 726. The standard InChI is InChI=1S/C18H15FN2/c19-17-11-6-12-18(21-17)20-16-10-5-4-9-15(16)13-14-7-2-1-3-8-14/h1-12H,13H2,(H,20,21). The molecule has 1 aromatic heterocycles. The van der Waals surface area contributed by atoms with Crippen LogP contribution in [0.3, 0.4) is 0 Å². The van der Waals surface area contributed by atoms with Gasteiger partial charge in [-0.2, -0.15) is 4.39 Å². The number of anilines is 2. The van der Waals surface area contributed by atoms with E-state index in [1.165, 1.54) is 11.6 Å². The Labute approximate surface area is 123 Å². The van der Waals surface area contributed by atoms with Gasteiger partial charge in [0.1, 0.15) is 5.82 Å². The molecule has 1 heterocycles. The second kappa shape index (κ2) is 6.18. The molecule has 0 radical (unpaired) electrons. The molecule has 2 aromatic carbocycles. The van der Waals surface area contributed by atoms with Crippen molar-refractivity contribution in [2.24, 2.45) is 0 Å². The first-order valence-electron chi connectivity index (χ1n) is 6.83. The molecule has 3 heteroatoms. The molecule has 0 amide bonds. The minimum atomic E-state index is -0.486. The van der Waals surface area contributed by atoms with Gasteiger partial charge in [-0.25, -0.2) is 4.98 Å². The van der Waals surface area contributed by atoms with Crippen LogP contribution >= 0.6 is 0 Å². The van der Waals surface area contributed by atoms with Crippen molar-refractivity contribution < 1.29 is 4.39 Å². The highest BCUT2D eigenvalue weighted by molar-refractivity contribution is 5.61. The van der Waals surface area contributed by atoms with E-state index in [9.17, 15) is 4.39 Å². The molecule has 104 valence electrons. The first-order chi connectivity index (χ1) is 10.3. The van der Waals surface area contributed by atoms with Crippen molar-refractivity contribution in [2.75, 3.05) is 5.32 Å². The number of nitrogens with one attached hydrogen (secondary N) is 1. The van der Waals surface area contributed by atoms with E-state index >= 15 is 0 Å². The predicted octanol–water partition coefficient (Wildman–Crippen LogP) is 4.56. The molecule has 2 nitrogen and oxygen atoms in total. The second-order valence-electron chi connectivity index (χ2n) is 4.79. The van der Waals surface area contributed by atoms with Crippen molar-refractivity contribution >= 4 is 11.5 Å². The average molecular weight is 278 g/mol. The van der Waals surface area contributed by atoms with Crippen molar-refractivity contribution in [1.82, 2.24) is 4.98 Å². The summed E-state index contributed by atoms with van der Waals surface area (Å²) < 4.78 is 13.2. The summed E-state index contributed by atoms with van der Waals surface area (Å²) in [6.07, 6.45) is 0.819. The number of para-hydroxylation sites is 1. The molecule has 3 rings (SSSR count). The third-order valence-corrected chi connectivity index (χ3v) is 3.23. The number of pyridine rings is 1. The number of hydrogen-bond acceptors (Lipinski definition) is 2. The summed E-state index contributed by atoms with van der Waals surface area (Å²) in [4.78, 5) is 3.84. The van der Waals surface area contributed by atoms with E-state index in [4.69, 9.17) is 0 Å². The molecule has 21 heavy (non-hydrogen) atoms. The fraction of sp³-hybridized carbons (Fsp3) is 0.0556. The van der Waals surface area contributed by atoms with Crippen LogP contribution in [0.25, 0.3) is 0 Å². The van der Waals surface area contributed by atoms with E-state index < -0.39 is 5.95 Å². The lowest BCUT2D eigenvalue weighted by Crippen LogP contribution is -1.99. The van der Waals surface area contributed by atoms with E-state index in [1.807, 2.05) is 36.4 Å². The van der Waals surface area contributed by atoms with Gasteiger partial charge in [-0.15, -0.1) is 0 Å². The highest BCUT2D eigenvalue weighted by Crippen LogP contribution is 2.22. The van der Waals surface area contributed by atoms with Crippen LogP contribution in [0.15, 0.2) is 72.8 Å². The first kappa shape index (κ1) is 13.3. The highest BCUT2D eigenvalue weighted by Gasteiger charge is 2.04. The van der Waals surface area contributed by atoms with Crippen LogP contribution in [0.4, 0.5) is 15.9 Å². The third kappa shape index (κ3) is 3.45. The van der Waals surface area contributed by atoms with Crippen LogP contribution in [-0.4, -0.2) is 4.98 Å². The van der Waals surface area contributed by atoms with Crippen LogP contribution in [0.1, 0.15) is 11.1 Å². The quantitative estimate of drug-likeness (QED) is 0.708. The van der Waals surface area contributed by atoms with Gasteiger partial charge in [0.25, 0.3) is 0 Å². The van der Waals surface area contributed by atoms with E-state index in [0.29, 0.717) is 5.82 Å². The number of hydrogen-bond donors (Lipinski definition) is 1. The molecule has 0 fully saturated rings. The van der Waals surface area contributed by atoms with Gasteiger partial charge in [0.15, 0.2) is 0 Å². The summed E-state index contributed by atoms with van der Waals surface area (Å²) in [5, 5.41) is 3.18. The minimum absolute atomic E-state index is 0.486. The number of benzene rings is 2. The van der Waals surface area contributed by atoms with Crippen LogP contribution in [-0.2, 0) is 6.42 Å². The summed E-state index contributed by atoms with van der Waals surface area (Å²) in [7, 11) is 0. The maximum atomic E-state index is 13.2. The average Bonchev–Trinajstić information content (AvgIpc) is 2.50. The maximum absolute atomic E-state index is 13.2. The van der Waals surface area contributed by atoms with Gasteiger partial charge >= 0.3 is 0 Å². The lowest BCUT2D eigenvalue weighted by atomic mass is 10.0. The first-order valence-corrected chi connectivity index (χ1v) is 6.83. The fourth-order valence-corrected chi connectivity index (χ4v) is 2.23. The monoisotopic (exact) mass is 278 g/mol. The molecule has 0 aliphatic carbocycles. The Morgan fingerprint density at radius 1 is 0.810 bits per heavy atom. The van der Waals surface area contributed by atoms with Gasteiger partial charge in [-0.05, 0) is 35.7 Å². The summed E-state index contributed by atoms with van der Waals surface area (Å²) in [6.45, 7) is 0. The molecule has 0 saturated heterocycles. The maximum Gasteiger partial charge on any atom is 0.214 e. The van der Waals surface area contributed by atoms with Gasteiger partial charge in [0, 0.05) is 5.69 Å². The van der Waals surface area contributed by atoms with Gasteiger partial charge in [-0.3, -0.25) is 0 Å². The molecule has 0 bridgehead atoms. The van der Waals surface area contributed by atoms with Gasteiger partial charge in [0.2, 0.25) is 5.95 Å². The SMILES string of the molecule is Fc1cccc(Nc2ccccc2Cc2ccccc2)n1. The summed E-state index contributed by atoms with van der Waals surface area (Å²) in [5.74, 6) is 0.0241. The lowest BCUT2D eigenvalue weighted by Gasteiger charge is -2.11. The number of rotatable bonds is 4. The molecular formula is C18H15FN2. The zero-order valence-electron chi connectivity index (χ0n) is 11.5. The van der Waals surface area contributed by atoms with E-state index in [2.05, 4.69) is 28.5 Å². The van der Waals surface area contributed by atoms with Crippen LogP contribution in [0.2, 0.25) is 0 Å². The Morgan fingerprint density at radius 3 is 2.38 bits per heavy atom. The molecule has 0 atom stereocenters. The molecular weight excluding hydrogens is 263 g/mol. The Kier molecular flexibility index (Phi) is 3.92. The smallest absolute Gasteiger partial charge is 0.214 e. The fourth-order valence-electron chi connectivity index (χ4n) is 2.23. The van der Waals surface area contributed by atoms with E-state index in [-0.39, 0.29) is 0 Å². The molecule has 0 aliphatic rings. The minimum Gasteiger partial charge on any atom is -0.340 e. The zero-order valence-corrected chi connectivity index (χ0v) is 11.5. The molecule has 1 N–H and O–H groups in total. The summed E-state index contributed by atoms with van der Waals surface area (Å²) in [5.41, 5.74) is 3.33. The van der Waals surface area contributed by atoms with Gasteiger partial charge < -0.3 is 5.32 Å². The Balaban J connectivity index is 1.86. The van der Waals surface area contributed by atoms with Crippen molar-refractivity contribution in [3.63, 3.8) is 0 Å². The zero-order chi connectivity index (χ0) is 14.5. The molecule has 0 saturated carbocycles. The third-order valence-electron chi connectivity index (χ3n) is 3.23. The van der Waals surface area contributed by atoms with Crippen molar-refractivity contribution in [2.45, 2.75) is 6.42 Å². The molecule has 0 aliphatic heterocycles. The molecule has 0 unspecified atom stereocenters. The largest absolute Gasteiger partial charge is 0.340 e. The van der Waals surface area contributed by atoms with Gasteiger partial charge in [0.05, 0.1) is 0 Å². The lowest BCUT2D eigenvalue weighted by molar-refractivity contribution is 0.585. The Morgan fingerprint density at radius 2 is 1.57 bits per heavy atom. The van der Waals surface area contributed by atoms with E-state index in [1.54, 1.807) is 12.1 Å². The van der Waals surface area contributed by atoms with Crippen molar-refractivity contribution in [3.8, 4) is 0 Å². The van der Waals surface area contributed by atoms with Crippen molar-refractivity contribution in [3.05, 3.63) is 89.9 Å². The van der Waals surface area contributed by atoms with Crippen LogP contribution in [0.5, 0.6) is 0 Å². The summed E-state index contributed by atoms with van der Waals surface area (Å²) in [6, 6.07) is 23.0. The normalized spacial score (nSPS) is 10.3. The summed E-state index contributed by atoms with van der Waals surface area (Å²) >= 11 is 0. The Hall–Kier alpha value is -2.68. The number of aromatic nitrogens is 1. The molecule has 3 aromatic rings. The topological polar surface area (TPSA) is 24.9 Å². The predicted molar refractivity (Wildman–Crippen MR) is 83.2 cm³/mol.